The van der Waals surface area contributed by atoms with Gasteiger partial charge in [0.1, 0.15) is 12.3 Å². The lowest BCUT2D eigenvalue weighted by Gasteiger charge is -2.28. The van der Waals surface area contributed by atoms with Crippen molar-refractivity contribution in [2.45, 2.75) is 6.92 Å². The first kappa shape index (κ1) is 20.4. The predicted octanol–water partition coefficient (Wildman–Crippen LogP) is 3.13. The van der Waals surface area contributed by atoms with Crippen molar-refractivity contribution in [2.75, 3.05) is 39.5 Å². The summed E-state index contributed by atoms with van der Waals surface area (Å²) in [6.45, 7) is 4.00. The smallest absolute Gasteiger partial charge is 0.294 e. The molecule has 2 aromatic carbocycles. The Morgan fingerprint density at radius 1 is 1.17 bits per heavy atom. The van der Waals surface area contributed by atoms with Crippen LogP contribution in [0.4, 0.5) is 4.79 Å². The summed E-state index contributed by atoms with van der Waals surface area (Å²) in [5.41, 5.74) is 0.750. The Hall–Kier alpha value is -2.84. The fraction of sp³-hybridized carbons (Fsp3) is 0.318. The summed E-state index contributed by atoms with van der Waals surface area (Å²) in [6, 6.07) is 11.6. The van der Waals surface area contributed by atoms with Gasteiger partial charge in [0.15, 0.2) is 0 Å². The van der Waals surface area contributed by atoms with Crippen LogP contribution < -0.4 is 4.74 Å². The minimum absolute atomic E-state index is 0.248. The van der Waals surface area contributed by atoms with Crippen LogP contribution in [-0.4, -0.2) is 66.3 Å². The van der Waals surface area contributed by atoms with Crippen LogP contribution in [0.5, 0.6) is 5.75 Å². The molecule has 2 saturated heterocycles. The van der Waals surface area contributed by atoms with Gasteiger partial charge >= 0.3 is 0 Å². The molecular formula is C22H22N2O5S. The summed E-state index contributed by atoms with van der Waals surface area (Å²) in [5, 5.41) is 1.50. The fourth-order valence-electron chi connectivity index (χ4n) is 3.52. The lowest BCUT2D eigenvalue weighted by Crippen LogP contribution is -2.46. The molecule has 2 fully saturated rings. The summed E-state index contributed by atoms with van der Waals surface area (Å²) in [5.74, 6) is -0.0589. The Kier molecular flexibility index (Phi) is 6.06. The van der Waals surface area contributed by atoms with Crippen molar-refractivity contribution in [2.24, 2.45) is 0 Å². The third kappa shape index (κ3) is 4.06. The van der Waals surface area contributed by atoms with Crippen LogP contribution >= 0.6 is 11.8 Å². The van der Waals surface area contributed by atoms with E-state index in [1.807, 2.05) is 43.3 Å². The normalized spacial score (nSPS) is 18.5. The number of morpholine rings is 1. The number of nitrogens with zero attached hydrogens (tertiary/aromatic N) is 2. The average Bonchev–Trinajstić information content (AvgIpc) is 3.03. The van der Waals surface area contributed by atoms with Crippen LogP contribution in [-0.2, 0) is 14.3 Å². The van der Waals surface area contributed by atoms with E-state index >= 15 is 0 Å². The highest BCUT2D eigenvalue weighted by Crippen LogP contribution is 2.36. The van der Waals surface area contributed by atoms with Gasteiger partial charge in [-0.25, -0.2) is 0 Å². The second-order valence-corrected chi connectivity index (χ2v) is 7.89. The van der Waals surface area contributed by atoms with Gasteiger partial charge < -0.3 is 14.4 Å². The van der Waals surface area contributed by atoms with Gasteiger partial charge in [0.2, 0.25) is 5.91 Å². The first-order valence-corrected chi connectivity index (χ1v) is 10.7. The van der Waals surface area contributed by atoms with Gasteiger partial charge in [0.25, 0.3) is 11.1 Å². The molecule has 0 aromatic heterocycles. The van der Waals surface area contributed by atoms with E-state index in [1.54, 1.807) is 11.0 Å². The Balaban J connectivity index is 1.62. The molecule has 3 amide bonds. The van der Waals surface area contributed by atoms with Crippen molar-refractivity contribution in [3.8, 4) is 5.75 Å². The van der Waals surface area contributed by atoms with Crippen LogP contribution in [0, 0.1) is 0 Å². The maximum atomic E-state index is 12.9. The molecule has 7 nitrogen and oxygen atoms in total. The summed E-state index contributed by atoms with van der Waals surface area (Å²) in [4.78, 5) is 40.8. The zero-order chi connectivity index (χ0) is 21.1. The number of amides is 3. The van der Waals surface area contributed by atoms with E-state index in [2.05, 4.69) is 0 Å². The number of carbonyl (C=O) groups excluding carboxylic acids is 3. The molecule has 0 unspecified atom stereocenters. The molecule has 4 rings (SSSR count). The van der Waals surface area contributed by atoms with E-state index in [4.69, 9.17) is 9.47 Å². The average molecular weight is 426 g/mol. The molecular weight excluding hydrogens is 404 g/mol. The summed E-state index contributed by atoms with van der Waals surface area (Å²) in [7, 11) is 0. The minimum Gasteiger partial charge on any atom is -0.493 e. The summed E-state index contributed by atoms with van der Waals surface area (Å²) < 4.78 is 11.0. The SMILES string of the molecule is CCOc1ccc2ccccc2c1/C=C1/SC(=O)N(CC(=O)N2CCOCC2)C1=O. The van der Waals surface area contributed by atoms with Gasteiger partial charge in [-0.1, -0.05) is 30.3 Å². The molecule has 156 valence electrons. The highest BCUT2D eigenvalue weighted by molar-refractivity contribution is 8.18. The Bertz CT molecular complexity index is 1030. The number of imide groups is 1. The third-order valence-electron chi connectivity index (χ3n) is 5.04. The predicted molar refractivity (Wildman–Crippen MR) is 115 cm³/mol. The van der Waals surface area contributed by atoms with E-state index in [-0.39, 0.29) is 17.4 Å². The first-order valence-electron chi connectivity index (χ1n) is 9.84. The molecule has 0 spiro atoms. The van der Waals surface area contributed by atoms with Crippen molar-refractivity contribution in [3.05, 3.63) is 46.9 Å². The van der Waals surface area contributed by atoms with Gasteiger partial charge in [-0.3, -0.25) is 19.3 Å². The van der Waals surface area contributed by atoms with Gasteiger partial charge in [0, 0.05) is 18.7 Å². The van der Waals surface area contributed by atoms with E-state index in [0.717, 1.165) is 33.0 Å². The van der Waals surface area contributed by atoms with E-state index in [0.29, 0.717) is 38.7 Å². The third-order valence-corrected chi connectivity index (χ3v) is 5.94. The monoisotopic (exact) mass is 426 g/mol. The van der Waals surface area contributed by atoms with Gasteiger partial charge in [-0.2, -0.15) is 0 Å². The quantitative estimate of drug-likeness (QED) is 0.684. The fourth-order valence-corrected chi connectivity index (χ4v) is 4.34. The van der Waals surface area contributed by atoms with Crippen molar-refractivity contribution in [1.82, 2.24) is 9.80 Å². The number of hydrogen-bond donors (Lipinski definition) is 0. The number of fused-ring (bicyclic) bond motifs is 1. The Morgan fingerprint density at radius 2 is 1.93 bits per heavy atom. The Labute approximate surface area is 178 Å². The van der Waals surface area contributed by atoms with Crippen LogP contribution in [0.15, 0.2) is 41.3 Å². The molecule has 30 heavy (non-hydrogen) atoms. The molecule has 2 aliphatic rings. The zero-order valence-corrected chi connectivity index (χ0v) is 17.4. The van der Waals surface area contributed by atoms with Gasteiger partial charge in [-0.05, 0) is 41.6 Å². The molecule has 0 bridgehead atoms. The lowest BCUT2D eigenvalue weighted by molar-refractivity contribution is -0.139. The molecule has 0 aliphatic carbocycles. The number of ether oxygens (including phenoxy) is 2. The van der Waals surface area contributed by atoms with Crippen LogP contribution in [0.1, 0.15) is 12.5 Å². The van der Waals surface area contributed by atoms with Crippen molar-refractivity contribution in [3.63, 3.8) is 0 Å². The highest BCUT2D eigenvalue weighted by atomic mass is 32.2. The number of thioether (sulfide) groups is 1. The highest BCUT2D eigenvalue weighted by Gasteiger charge is 2.37. The molecule has 8 heteroatoms. The van der Waals surface area contributed by atoms with Gasteiger partial charge in [0.05, 0.1) is 24.7 Å². The standard InChI is InChI=1S/C22H22N2O5S/c1-2-29-18-8-7-15-5-3-4-6-16(15)17(18)13-19-21(26)24(22(27)30-19)14-20(25)23-9-11-28-12-10-23/h3-8,13H,2,9-12,14H2,1H3/b19-13+. The maximum absolute atomic E-state index is 12.9. The second kappa shape index (κ2) is 8.89. The number of hydrogen-bond acceptors (Lipinski definition) is 6. The molecule has 2 heterocycles. The minimum atomic E-state index is -0.456. The molecule has 0 radical (unpaired) electrons. The van der Waals surface area contributed by atoms with Crippen molar-refractivity contribution < 1.29 is 23.9 Å². The Morgan fingerprint density at radius 3 is 2.70 bits per heavy atom. The second-order valence-electron chi connectivity index (χ2n) is 6.89. The zero-order valence-electron chi connectivity index (χ0n) is 16.6. The maximum Gasteiger partial charge on any atom is 0.294 e. The van der Waals surface area contributed by atoms with Crippen LogP contribution in [0.3, 0.4) is 0 Å². The van der Waals surface area contributed by atoms with E-state index in [9.17, 15) is 14.4 Å². The van der Waals surface area contributed by atoms with Crippen molar-refractivity contribution >= 4 is 45.7 Å². The summed E-state index contributed by atoms with van der Waals surface area (Å²) >= 11 is 0.848. The molecule has 0 atom stereocenters. The lowest BCUT2D eigenvalue weighted by atomic mass is 10.0. The number of benzene rings is 2. The van der Waals surface area contributed by atoms with Gasteiger partial charge in [-0.15, -0.1) is 0 Å². The van der Waals surface area contributed by atoms with Crippen LogP contribution in [0.25, 0.3) is 16.8 Å². The summed E-state index contributed by atoms with van der Waals surface area (Å²) in [6.07, 6.45) is 1.69. The molecule has 2 aromatic rings. The van der Waals surface area contributed by atoms with Crippen molar-refractivity contribution in [1.29, 1.82) is 0 Å². The van der Waals surface area contributed by atoms with Crippen LogP contribution in [0.2, 0.25) is 0 Å². The number of rotatable bonds is 5. The molecule has 0 N–H and O–H groups in total. The topological polar surface area (TPSA) is 76.2 Å². The van der Waals surface area contributed by atoms with E-state index < -0.39 is 11.1 Å². The number of carbonyl (C=O) groups is 3. The first-order chi connectivity index (χ1) is 14.6. The molecule has 2 aliphatic heterocycles. The van der Waals surface area contributed by atoms with E-state index in [1.165, 1.54) is 0 Å². The molecule has 0 saturated carbocycles. The largest absolute Gasteiger partial charge is 0.493 e.